The first kappa shape index (κ1) is 19.5. The summed E-state index contributed by atoms with van der Waals surface area (Å²) in [5.41, 5.74) is 7.82. The molecule has 4 aliphatic rings. The summed E-state index contributed by atoms with van der Waals surface area (Å²) in [5, 5.41) is 3.15. The van der Waals surface area contributed by atoms with E-state index in [1.54, 1.807) is 21.6 Å². The smallest absolute Gasteiger partial charge is 0.274 e. The molecule has 0 aromatic carbocycles. The van der Waals surface area contributed by atoms with E-state index in [0.717, 1.165) is 12.3 Å². The molecule has 160 valence electrons. The van der Waals surface area contributed by atoms with Crippen LogP contribution in [0, 0.1) is 23.2 Å². The number of carbonyl (C=O) groups is 2. The highest BCUT2D eigenvalue weighted by atomic mass is 16.2. The van der Waals surface area contributed by atoms with Crippen LogP contribution in [0.3, 0.4) is 0 Å². The number of fused-ring (bicyclic) bond motifs is 3. The van der Waals surface area contributed by atoms with Crippen LogP contribution >= 0.6 is 0 Å². The Balaban J connectivity index is 1.31. The van der Waals surface area contributed by atoms with E-state index in [1.165, 1.54) is 19.3 Å². The number of amides is 2. The molecule has 6 rings (SSSR count). The lowest BCUT2D eigenvalue weighted by Crippen LogP contribution is -2.54. The van der Waals surface area contributed by atoms with E-state index >= 15 is 0 Å². The Kier molecular flexibility index (Phi) is 4.61. The Morgan fingerprint density at radius 1 is 1.27 bits per heavy atom. The number of hydrogen-bond donors (Lipinski definition) is 2. The van der Waals surface area contributed by atoms with E-state index in [0.29, 0.717) is 53.9 Å². The molecule has 0 unspecified atom stereocenters. The molecule has 1 aliphatic heterocycles. The summed E-state index contributed by atoms with van der Waals surface area (Å²) < 4.78 is 1.72. The van der Waals surface area contributed by atoms with Crippen LogP contribution in [0.5, 0.6) is 0 Å². The van der Waals surface area contributed by atoms with Crippen LogP contribution < -0.4 is 11.1 Å². The van der Waals surface area contributed by atoms with Gasteiger partial charge in [0.2, 0.25) is 0 Å². The van der Waals surface area contributed by atoms with Crippen molar-refractivity contribution in [3.63, 3.8) is 0 Å². The summed E-state index contributed by atoms with van der Waals surface area (Å²) in [4.78, 5) is 32.0. The van der Waals surface area contributed by atoms with Gasteiger partial charge in [0.25, 0.3) is 11.8 Å². The van der Waals surface area contributed by atoms with E-state index in [2.05, 4.69) is 24.1 Å². The van der Waals surface area contributed by atoms with E-state index < -0.39 is 0 Å². The van der Waals surface area contributed by atoms with Gasteiger partial charge in [-0.1, -0.05) is 19.9 Å². The fraction of sp³-hybridized carbons (Fsp3) is 0.609. The van der Waals surface area contributed by atoms with Crippen molar-refractivity contribution in [1.29, 1.82) is 0 Å². The van der Waals surface area contributed by atoms with Gasteiger partial charge in [-0.15, -0.1) is 0 Å². The molecule has 2 aromatic heterocycles. The molecule has 1 saturated heterocycles. The van der Waals surface area contributed by atoms with Crippen LogP contribution in [-0.2, 0) is 0 Å². The lowest BCUT2D eigenvalue weighted by atomic mass is 9.45. The van der Waals surface area contributed by atoms with Crippen molar-refractivity contribution in [3.8, 4) is 0 Å². The Morgan fingerprint density at radius 2 is 2.10 bits per heavy atom. The van der Waals surface area contributed by atoms with E-state index in [9.17, 15) is 9.59 Å². The van der Waals surface area contributed by atoms with Gasteiger partial charge in [-0.2, -0.15) is 0 Å². The maximum absolute atomic E-state index is 13.0. The van der Waals surface area contributed by atoms with E-state index in [4.69, 9.17) is 5.73 Å². The number of nitrogens with one attached hydrogen (secondary N) is 1. The van der Waals surface area contributed by atoms with Gasteiger partial charge in [-0.05, 0) is 61.0 Å². The maximum atomic E-state index is 13.0. The van der Waals surface area contributed by atoms with Gasteiger partial charge in [0.05, 0.1) is 0 Å². The van der Waals surface area contributed by atoms with Crippen LogP contribution in [0.25, 0.3) is 5.65 Å². The minimum Gasteiger partial charge on any atom is -0.350 e. The van der Waals surface area contributed by atoms with Crippen LogP contribution in [-0.4, -0.2) is 51.8 Å². The lowest BCUT2D eigenvalue weighted by molar-refractivity contribution is -0.103. The Hall–Kier alpha value is -2.41. The summed E-state index contributed by atoms with van der Waals surface area (Å²) in [7, 11) is 0. The second-order valence-corrected chi connectivity index (χ2v) is 9.97. The summed E-state index contributed by atoms with van der Waals surface area (Å²) in [5.74, 6) is 1.88. The minimum atomic E-state index is -0.123. The van der Waals surface area contributed by atoms with Crippen molar-refractivity contribution < 1.29 is 9.59 Å². The Morgan fingerprint density at radius 3 is 2.80 bits per heavy atom. The first-order valence-corrected chi connectivity index (χ1v) is 11.2. The first-order chi connectivity index (χ1) is 14.3. The van der Waals surface area contributed by atoms with Crippen molar-refractivity contribution in [2.24, 2.45) is 28.9 Å². The third kappa shape index (κ3) is 3.11. The lowest BCUT2D eigenvalue weighted by Gasteiger charge is -2.60. The maximum Gasteiger partial charge on any atom is 0.274 e. The number of carbonyl (C=O) groups excluding carboxylic acids is 2. The molecule has 3 N–H and O–H groups in total. The Labute approximate surface area is 177 Å². The number of nitrogens with two attached hydrogens (primary N) is 1. The predicted molar refractivity (Wildman–Crippen MR) is 114 cm³/mol. The zero-order valence-electron chi connectivity index (χ0n) is 17.8. The molecule has 4 fully saturated rings. The van der Waals surface area contributed by atoms with E-state index in [1.807, 2.05) is 12.1 Å². The van der Waals surface area contributed by atoms with Crippen molar-refractivity contribution in [2.45, 2.75) is 45.6 Å². The molecule has 0 radical (unpaired) electrons. The van der Waals surface area contributed by atoms with Crippen LogP contribution in [0.15, 0.2) is 24.4 Å². The summed E-state index contributed by atoms with van der Waals surface area (Å²) in [6.07, 6.45) is 6.26. The van der Waals surface area contributed by atoms with Gasteiger partial charge in [0.15, 0.2) is 0 Å². The van der Waals surface area contributed by atoms with Crippen molar-refractivity contribution >= 4 is 17.5 Å². The highest BCUT2D eigenvalue weighted by molar-refractivity contribution is 5.95. The van der Waals surface area contributed by atoms with Crippen LogP contribution in [0.1, 0.15) is 60.5 Å². The highest BCUT2D eigenvalue weighted by Crippen LogP contribution is 2.61. The number of nitrogens with zero attached hydrogens (tertiary/aromatic N) is 3. The topological polar surface area (TPSA) is 92.7 Å². The average Bonchev–Trinajstić information content (AvgIpc) is 3.37. The van der Waals surface area contributed by atoms with Gasteiger partial charge in [0, 0.05) is 31.9 Å². The number of hydrogen-bond acceptors (Lipinski definition) is 4. The summed E-state index contributed by atoms with van der Waals surface area (Å²) in [6, 6.07) is 5.45. The Bertz CT molecular complexity index is 995. The van der Waals surface area contributed by atoms with Crippen molar-refractivity contribution in [3.05, 3.63) is 35.8 Å². The average molecular weight is 410 g/mol. The quantitative estimate of drug-likeness (QED) is 0.810. The number of likely N-dealkylation sites (tertiary alicyclic amines) is 1. The fourth-order valence-corrected chi connectivity index (χ4v) is 5.95. The summed E-state index contributed by atoms with van der Waals surface area (Å²) in [6.45, 7) is 6.67. The van der Waals surface area contributed by atoms with Crippen LogP contribution in [0.4, 0.5) is 0 Å². The zero-order valence-corrected chi connectivity index (χ0v) is 17.8. The van der Waals surface area contributed by atoms with Gasteiger partial charge in [-0.25, -0.2) is 4.98 Å². The third-order valence-electron chi connectivity index (χ3n) is 7.98. The van der Waals surface area contributed by atoms with Gasteiger partial charge >= 0.3 is 0 Å². The van der Waals surface area contributed by atoms with Gasteiger partial charge in [-0.3, -0.25) is 14.0 Å². The van der Waals surface area contributed by atoms with Gasteiger partial charge < -0.3 is 16.0 Å². The second-order valence-electron chi connectivity index (χ2n) is 9.97. The third-order valence-corrected chi connectivity index (χ3v) is 7.98. The number of rotatable bonds is 4. The molecule has 3 heterocycles. The number of pyridine rings is 1. The molecule has 7 nitrogen and oxygen atoms in total. The molecule has 2 aromatic rings. The summed E-state index contributed by atoms with van der Waals surface area (Å²) >= 11 is 0. The number of imidazole rings is 1. The standard InChI is InChI=1S/C23H31N5O2/c1-23(2)15-7-6-14(17(23)10-15)11-25-21(29)19-4-3-5-20-26-18(13-28(19)20)22(30)27-9-8-16(24)12-27/h3-5,13-17H,6-12,24H2,1-2H3,(H,25,29)/t14-,15-,16-,17+/m0/s1. The molecule has 3 aliphatic carbocycles. The zero-order chi connectivity index (χ0) is 21.0. The molecule has 2 bridgehead atoms. The monoisotopic (exact) mass is 409 g/mol. The molecule has 4 atom stereocenters. The fourth-order valence-electron chi connectivity index (χ4n) is 5.95. The normalized spacial score (nSPS) is 29.6. The molecule has 7 heteroatoms. The molecule has 0 spiro atoms. The molecular weight excluding hydrogens is 378 g/mol. The number of aromatic nitrogens is 2. The van der Waals surface area contributed by atoms with Gasteiger partial charge in [0.1, 0.15) is 17.0 Å². The van der Waals surface area contributed by atoms with Crippen molar-refractivity contribution in [2.75, 3.05) is 19.6 Å². The predicted octanol–water partition coefficient (Wildman–Crippen LogP) is 2.31. The second kappa shape index (κ2) is 7.08. The molecule has 3 saturated carbocycles. The first-order valence-electron chi connectivity index (χ1n) is 11.2. The van der Waals surface area contributed by atoms with E-state index in [-0.39, 0.29) is 17.9 Å². The molecular formula is C23H31N5O2. The van der Waals surface area contributed by atoms with Crippen molar-refractivity contribution in [1.82, 2.24) is 19.6 Å². The SMILES string of the molecule is CC1(C)[C@H]2CC[C@@H](CNC(=O)c3cccc4nc(C(=O)N5CC[C@H](N)C5)cn34)[C@H]1C2. The largest absolute Gasteiger partial charge is 0.350 e. The highest BCUT2D eigenvalue weighted by Gasteiger charge is 2.53. The van der Waals surface area contributed by atoms with Crippen LogP contribution in [0.2, 0.25) is 0 Å². The minimum absolute atomic E-state index is 0.0306. The molecule has 2 amide bonds. The molecule has 30 heavy (non-hydrogen) atoms.